The maximum atomic E-state index is 13.5. The number of benzene rings is 1. The molecule has 134 valence electrons. The SMILES string of the molecule is Fc1ccc2c3c([nH]c2c1)CCN(c1ccc(N2CCOCC2)nc1)C3. The smallest absolute Gasteiger partial charge is 0.128 e. The average molecular weight is 352 g/mol. The topological polar surface area (TPSA) is 44.4 Å². The average Bonchev–Trinajstić information content (AvgIpc) is 3.05. The van der Waals surface area contributed by atoms with Crippen molar-refractivity contribution in [1.82, 2.24) is 9.97 Å². The second-order valence-corrected chi connectivity index (χ2v) is 6.92. The van der Waals surface area contributed by atoms with Crippen molar-refractivity contribution in [3.05, 3.63) is 53.6 Å². The Morgan fingerprint density at radius 1 is 1.04 bits per heavy atom. The lowest BCUT2D eigenvalue weighted by atomic mass is 10.0. The van der Waals surface area contributed by atoms with Crippen molar-refractivity contribution < 1.29 is 9.13 Å². The molecule has 4 heterocycles. The molecule has 1 fully saturated rings. The molecule has 0 unspecified atom stereocenters. The van der Waals surface area contributed by atoms with Crippen LogP contribution in [0.1, 0.15) is 11.3 Å². The first-order valence-electron chi connectivity index (χ1n) is 9.10. The van der Waals surface area contributed by atoms with Gasteiger partial charge in [0.25, 0.3) is 0 Å². The zero-order chi connectivity index (χ0) is 17.5. The first-order chi connectivity index (χ1) is 12.8. The molecular formula is C20H21FN4O. The van der Waals surface area contributed by atoms with E-state index in [0.29, 0.717) is 0 Å². The third-order valence-electron chi connectivity index (χ3n) is 5.37. The maximum Gasteiger partial charge on any atom is 0.128 e. The van der Waals surface area contributed by atoms with Gasteiger partial charge in [-0.15, -0.1) is 0 Å². The maximum absolute atomic E-state index is 13.5. The number of ether oxygens (including phenoxy) is 1. The van der Waals surface area contributed by atoms with E-state index in [9.17, 15) is 4.39 Å². The summed E-state index contributed by atoms with van der Waals surface area (Å²) < 4.78 is 18.9. The summed E-state index contributed by atoms with van der Waals surface area (Å²) in [4.78, 5) is 12.6. The lowest BCUT2D eigenvalue weighted by Gasteiger charge is -2.30. The van der Waals surface area contributed by atoms with Crippen LogP contribution >= 0.6 is 0 Å². The minimum atomic E-state index is -0.198. The molecule has 0 bridgehead atoms. The van der Waals surface area contributed by atoms with Gasteiger partial charge < -0.3 is 19.5 Å². The Balaban J connectivity index is 1.39. The molecule has 0 radical (unpaired) electrons. The van der Waals surface area contributed by atoms with Gasteiger partial charge in [0.05, 0.1) is 25.1 Å². The quantitative estimate of drug-likeness (QED) is 0.770. The largest absolute Gasteiger partial charge is 0.378 e. The van der Waals surface area contributed by atoms with E-state index in [1.165, 1.54) is 17.3 Å². The summed E-state index contributed by atoms with van der Waals surface area (Å²) in [6, 6.07) is 9.24. The van der Waals surface area contributed by atoms with Gasteiger partial charge in [-0.25, -0.2) is 9.37 Å². The lowest BCUT2D eigenvalue weighted by Crippen LogP contribution is -2.36. The molecule has 2 aliphatic heterocycles. The van der Waals surface area contributed by atoms with Crippen molar-refractivity contribution in [1.29, 1.82) is 0 Å². The molecule has 6 heteroatoms. The van der Waals surface area contributed by atoms with Gasteiger partial charge in [-0.05, 0) is 30.3 Å². The number of fused-ring (bicyclic) bond motifs is 3. The second-order valence-electron chi connectivity index (χ2n) is 6.92. The fourth-order valence-electron chi connectivity index (χ4n) is 3.96. The predicted molar refractivity (Wildman–Crippen MR) is 100 cm³/mol. The molecule has 1 N–H and O–H groups in total. The normalized spacial score (nSPS) is 17.6. The highest BCUT2D eigenvalue weighted by Crippen LogP contribution is 2.31. The zero-order valence-electron chi connectivity index (χ0n) is 14.5. The molecule has 2 aliphatic rings. The molecule has 0 atom stereocenters. The Morgan fingerprint density at radius 3 is 2.73 bits per heavy atom. The highest BCUT2D eigenvalue weighted by atomic mass is 19.1. The predicted octanol–water partition coefficient (Wildman–Crippen LogP) is 3.10. The number of anilines is 2. The summed E-state index contributed by atoms with van der Waals surface area (Å²) in [6.07, 6.45) is 2.89. The first-order valence-corrected chi connectivity index (χ1v) is 9.10. The lowest BCUT2D eigenvalue weighted by molar-refractivity contribution is 0.122. The van der Waals surface area contributed by atoms with Crippen molar-refractivity contribution in [2.24, 2.45) is 0 Å². The van der Waals surface area contributed by atoms with E-state index in [-0.39, 0.29) is 5.82 Å². The first kappa shape index (κ1) is 15.6. The van der Waals surface area contributed by atoms with Crippen molar-refractivity contribution in [3.8, 4) is 0 Å². The van der Waals surface area contributed by atoms with Crippen LogP contribution in [0.4, 0.5) is 15.9 Å². The van der Waals surface area contributed by atoms with Crippen molar-refractivity contribution in [2.75, 3.05) is 42.6 Å². The number of H-pyrrole nitrogens is 1. The minimum Gasteiger partial charge on any atom is -0.378 e. The molecule has 2 aromatic heterocycles. The summed E-state index contributed by atoms with van der Waals surface area (Å²) >= 11 is 0. The van der Waals surface area contributed by atoms with E-state index in [0.717, 1.165) is 68.2 Å². The van der Waals surface area contributed by atoms with Gasteiger partial charge in [-0.2, -0.15) is 0 Å². The minimum absolute atomic E-state index is 0.198. The van der Waals surface area contributed by atoms with Crippen LogP contribution in [-0.2, 0) is 17.7 Å². The molecule has 0 amide bonds. The third kappa shape index (κ3) is 2.70. The molecule has 1 aromatic carbocycles. The van der Waals surface area contributed by atoms with Crippen LogP contribution in [0.25, 0.3) is 10.9 Å². The molecule has 0 saturated carbocycles. The number of rotatable bonds is 2. The summed E-state index contributed by atoms with van der Waals surface area (Å²) in [5.74, 6) is 0.813. The zero-order valence-corrected chi connectivity index (χ0v) is 14.5. The monoisotopic (exact) mass is 352 g/mol. The molecule has 0 spiro atoms. The van der Waals surface area contributed by atoms with Crippen molar-refractivity contribution >= 4 is 22.4 Å². The van der Waals surface area contributed by atoms with E-state index in [2.05, 4.69) is 31.9 Å². The van der Waals surface area contributed by atoms with E-state index in [1.54, 1.807) is 6.07 Å². The van der Waals surface area contributed by atoms with Crippen molar-refractivity contribution in [2.45, 2.75) is 13.0 Å². The highest BCUT2D eigenvalue weighted by molar-refractivity contribution is 5.85. The molecule has 5 nitrogen and oxygen atoms in total. The molecule has 3 aromatic rings. The van der Waals surface area contributed by atoms with Crippen molar-refractivity contribution in [3.63, 3.8) is 0 Å². The number of nitrogens with one attached hydrogen (secondary N) is 1. The van der Waals surface area contributed by atoms with Gasteiger partial charge in [0.1, 0.15) is 11.6 Å². The molecular weight excluding hydrogens is 331 g/mol. The van der Waals surface area contributed by atoms with Gasteiger partial charge >= 0.3 is 0 Å². The van der Waals surface area contributed by atoms with E-state index < -0.39 is 0 Å². The van der Waals surface area contributed by atoms with Crippen LogP contribution in [-0.4, -0.2) is 42.8 Å². The second kappa shape index (κ2) is 6.29. The number of aromatic nitrogens is 2. The van der Waals surface area contributed by atoms with Crippen LogP contribution < -0.4 is 9.80 Å². The highest BCUT2D eigenvalue weighted by Gasteiger charge is 2.21. The van der Waals surface area contributed by atoms with Crippen LogP contribution in [0.3, 0.4) is 0 Å². The standard InChI is InChI=1S/C20H21FN4O/c21-14-1-3-16-17-13-25(6-5-18(17)23-19(16)11-14)15-2-4-20(22-12-15)24-7-9-26-10-8-24/h1-4,11-12,23H,5-10,13H2. The van der Waals surface area contributed by atoms with Crippen LogP contribution in [0.2, 0.25) is 0 Å². The van der Waals surface area contributed by atoms with Gasteiger partial charge in [-0.3, -0.25) is 0 Å². The van der Waals surface area contributed by atoms with Gasteiger partial charge in [-0.1, -0.05) is 0 Å². The number of pyridine rings is 1. The Bertz CT molecular complexity index is 931. The summed E-state index contributed by atoms with van der Waals surface area (Å²) in [7, 11) is 0. The Labute approximate surface area is 151 Å². The Kier molecular flexibility index (Phi) is 3.78. The molecule has 1 saturated heterocycles. The number of hydrogen-bond acceptors (Lipinski definition) is 4. The fraction of sp³-hybridized carbons (Fsp3) is 0.350. The number of aromatic amines is 1. The summed E-state index contributed by atoms with van der Waals surface area (Å²) in [6.45, 7) is 5.07. The van der Waals surface area contributed by atoms with E-state index >= 15 is 0 Å². The molecule has 0 aliphatic carbocycles. The third-order valence-corrected chi connectivity index (χ3v) is 5.37. The van der Waals surface area contributed by atoms with Gasteiger partial charge in [0.15, 0.2) is 0 Å². The number of hydrogen-bond donors (Lipinski definition) is 1. The van der Waals surface area contributed by atoms with E-state index in [1.807, 2.05) is 12.3 Å². The summed E-state index contributed by atoms with van der Waals surface area (Å²) in [5, 5.41) is 1.11. The van der Waals surface area contributed by atoms with Crippen LogP contribution in [0.15, 0.2) is 36.5 Å². The summed E-state index contributed by atoms with van der Waals surface area (Å²) in [5.41, 5.74) is 4.50. The number of nitrogens with zero attached hydrogens (tertiary/aromatic N) is 3. The van der Waals surface area contributed by atoms with E-state index in [4.69, 9.17) is 4.74 Å². The fourth-order valence-corrected chi connectivity index (χ4v) is 3.96. The number of halogens is 1. The molecule has 5 rings (SSSR count). The van der Waals surface area contributed by atoms with Crippen LogP contribution in [0.5, 0.6) is 0 Å². The Morgan fingerprint density at radius 2 is 1.92 bits per heavy atom. The van der Waals surface area contributed by atoms with Crippen LogP contribution in [0, 0.1) is 5.82 Å². The Hall–Kier alpha value is -2.60. The molecule has 26 heavy (non-hydrogen) atoms. The van der Waals surface area contributed by atoms with Gasteiger partial charge in [0, 0.05) is 54.8 Å². The number of morpholine rings is 1. The van der Waals surface area contributed by atoms with Gasteiger partial charge in [0.2, 0.25) is 0 Å².